The van der Waals surface area contributed by atoms with E-state index in [1.807, 2.05) is 10.3 Å². The third-order valence-corrected chi connectivity index (χ3v) is 6.76. The summed E-state index contributed by atoms with van der Waals surface area (Å²) >= 11 is 1.46. The standard InChI is InChI=1S/C18H20F3N3O3S2/c19-18(20,21)15-2-1-3-16(12-15)29(26,27)22-5-6-23-7-9-24(10-8-23)17(25)14-4-11-28-13-14/h1-4,11-13,22H,5-10H2. The third kappa shape index (κ3) is 5.56. The lowest BCUT2D eigenvalue weighted by atomic mass is 10.2. The number of hydrogen-bond donors (Lipinski definition) is 1. The zero-order chi connectivity index (χ0) is 21.1. The smallest absolute Gasteiger partial charge is 0.336 e. The molecule has 1 saturated heterocycles. The molecule has 0 saturated carbocycles. The third-order valence-electron chi connectivity index (χ3n) is 4.62. The summed E-state index contributed by atoms with van der Waals surface area (Å²) in [6.07, 6.45) is -4.61. The quantitative estimate of drug-likeness (QED) is 0.739. The van der Waals surface area contributed by atoms with Crippen LogP contribution in [-0.4, -0.2) is 63.4 Å². The van der Waals surface area contributed by atoms with Gasteiger partial charge in [-0.15, -0.1) is 0 Å². The van der Waals surface area contributed by atoms with Crippen LogP contribution in [0.5, 0.6) is 0 Å². The summed E-state index contributed by atoms with van der Waals surface area (Å²) in [6.45, 7) is 2.74. The number of halogens is 3. The molecule has 158 valence electrons. The molecule has 11 heteroatoms. The maximum absolute atomic E-state index is 12.8. The highest BCUT2D eigenvalue weighted by atomic mass is 32.2. The van der Waals surface area contributed by atoms with Crippen LogP contribution >= 0.6 is 11.3 Å². The van der Waals surface area contributed by atoms with Gasteiger partial charge >= 0.3 is 6.18 Å². The van der Waals surface area contributed by atoms with Crippen molar-refractivity contribution in [2.24, 2.45) is 0 Å². The van der Waals surface area contributed by atoms with Crippen LogP contribution in [0.15, 0.2) is 46.0 Å². The Labute approximate surface area is 171 Å². The molecule has 2 aromatic rings. The van der Waals surface area contributed by atoms with Crippen LogP contribution in [0.3, 0.4) is 0 Å². The summed E-state index contributed by atoms with van der Waals surface area (Å²) in [5, 5.41) is 3.65. The topological polar surface area (TPSA) is 69.7 Å². The van der Waals surface area contributed by atoms with E-state index in [4.69, 9.17) is 0 Å². The van der Waals surface area contributed by atoms with E-state index in [2.05, 4.69) is 4.72 Å². The number of nitrogens with zero attached hydrogens (tertiary/aromatic N) is 2. The van der Waals surface area contributed by atoms with E-state index in [0.717, 1.165) is 18.2 Å². The average Bonchev–Trinajstić information content (AvgIpc) is 3.22. The van der Waals surface area contributed by atoms with Gasteiger partial charge in [-0.1, -0.05) is 6.07 Å². The Balaban J connectivity index is 1.48. The second-order valence-electron chi connectivity index (χ2n) is 6.57. The molecule has 3 rings (SSSR count). The van der Waals surface area contributed by atoms with Crippen LogP contribution < -0.4 is 4.72 Å². The lowest BCUT2D eigenvalue weighted by Gasteiger charge is -2.34. The Hall–Kier alpha value is -1.95. The molecule has 0 radical (unpaired) electrons. The monoisotopic (exact) mass is 447 g/mol. The van der Waals surface area contributed by atoms with E-state index in [-0.39, 0.29) is 12.5 Å². The van der Waals surface area contributed by atoms with Crippen LogP contribution in [0.4, 0.5) is 13.2 Å². The van der Waals surface area contributed by atoms with E-state index in [1.54, 1.807) is 16.3 Å². The minimum absolute atomic E-state index is 0.0175. The zero-order valence-electron chi connectivity index (χ0n) is 15.4. The first-order valence-corrected chi connectivity index (χ1v) is 11.3. The van der Waals surface area contributed by atoms with Crippen molar-refractivity contribution < 1.29 is 26.4 Å². The van der Waals surface area contributed by atoms with Crippen molar-refractivity contribution in [1.29, 1.82) is 0 Å². The number of carbonyl (C=O) groups excluding carboxylic acids is 1. The fraction of sp³-hybridized carbons (Fsp3) is 0.389. The highest BCUT2D eigenvalue weighted by molar-refractivity contribution is 7.89. The van der Waals surface area contributed by atoms with Crippen LogP contribution in [0.2, 0.25) is 0 Å². The zero-order valence-corrected chi connectivity index (χ0v) is 17.0. The van der Waals surface area contributed by atoms with Gasteiger partial charge in [-0.3, -0.25) is 9.69 Å². The lowest BCUT2D eigenvalue weighted by molar-refractivity contribution is -0.137. The lowest BCUT2D eigenvalue weighted by Crippen LogP contribution is -2.50. The summed E-state index contributed by atoms with van der Waals surface area (Å²) < 4.78 is 65.2. The maximum atomic E-state index is 12.8. The van der Waals surface area contributed by atoms with Gasteiger partial charge in [0, 0.05) is 44.6 Å². The molecule has 0 unspecified atom stereocenters. The number of hydrogen-bond acceptors (Lipinski definition) is 5. The first-order valence-electron chi connectivity index (χ1n) is 8.87. The van der Waals surface area contributed by atoms with Crippen molar-refractivity contribution in [2.75, 3.05) is 39.3 Å². The minimum atomic E-state index is -4.61. The van der Waals surface area contributed by atoms with Crippen molar-refractivity contribution in [3.8, 4) is 0 Å². The van der Waals surface area contributed by atoms with E-state index in [9.17, 15) is 26.4 Å². The number of thiophene rings is 1. The van der Waals surface area contributed by atoms with Crippen LogP contribution in [-0.2, 0) is 16.2 Å². The van der Waals surface area contributed by atoms with Gasteiger partial charge in [-0.05, 0) is 29.6 Å². The normalized spacial score (nSPS) is 16.2. The molecule has 6 nitrogen and oxygen atoms in total. The molecule has 1 N–H and O–H groups in total. The minimum Gasteiger partial charge on any atom is -0.336 e. The summed E-state index contributed by atoms with van der Waals surface area (Å²) in [5.74, 6) is -0.0175. The van der Waals surface area contributed by atoms with Gasteiger partial charge in [0.2, 0.25) is 10.0 Å². The van der Waals surface area contributed by atoms with Crippen LogP contribution in [0.25, 0.3) is 0 Å². The Morgan fingerprint density at radius 1 is 1.14 bits per heavy atom. The SMILES string of the molecule is O=C(c1ccsc1)N1CCN(CCNS(=O)(=O)c2cccc(C(F)(F)F)c2)CC1. The molecule has 1 amide bonds. The number of benzene rings is 1. The highest BCUT2D eigenvalue weighted by Crippen LogP contribution is 2.30. The van der Waals surface area contributed by atoms with Gasteiger partial charge in [0.1, 0.15) is 0 Å². The summed E-state index contributed by atoms with van der Waals surface area (Å²) in [4.78, 5) is 15.7. The highest BCUT2D eigenvalue weighted by Gasteiger charge is 2.31. The fourth-order valence-electron chi connectivity index (χ4n) is 3.00. The second-order valence-corrected chi connectivity index (χ2v) is 9.12. The molecular weight excluding hydrogens is 427 g/mol. The van der Waals surface area contributed by atoms with Crippen molar-refractivity contribution in [3.05, 3.63) is 52.2 Å². The molecule has 1 fully saturated rings. The number of carbonyl (C=O) groups is 1. The van der Waals surface area contributed by atoms with E-state index < -0.39 is 26.7 Å². The number of amides is 1. The Morgan fingerprint density at radius 3 is 2.48 bits per heavy atom. The van der Waals surface area contributed by atoms with Crippen molar-refractivity contribution in [1.82, 2.24) is 14.5 Å². The predicted octanol–water partition coefficient (Wildman–Crippen LogP) is 2.50. The van der Waals surface area contributed by atoms with Crippen molar-refractivity contribution in [2.45, 2.75) is 11.1 Å². The van der Waals surface area contributed by atoms with E-state index in [1.165, 1.54) is 11.3 Å². The van der Waals surface area contributed by atoms with Gasteiger partial charge in [-0.2, -0.15) is 24.5 Å². The maximum Gasteiger partial charge on any atom is 0.416 e. The fourth-order valence-corrected chi connectivity index (χ4v) is 4.70. The molecule has 1 aliphatic heterocycles. The molecule has 1 aromatic heterocycles. The van der Waals surface area contributed by atoms with Gasteiger partial charge in [0.05, 0.1) is 16.0 Å². The van der Waals surface area contributed by atoms with E-state index in [0.29, 0.717) is 44.4 Å². The molecule has 1 aliphatic rings. The first-order chi connectivity index (χ1) is 13.7. The molecular formula is C18H20F3N3O3S2. The van der Waals surface area contributed by atoms with Crippen molar-refractivity contribution >= 4 is 27.3 Å². The molecule has 0 bridgehead atoms. The van der Waals surface area contributed by atoms with Gasteiger partial charge in [0.25, 0.3) is 5.91 Å². The molecule has 1 aromatic carbocycles. The molecule has 0 aliphatic carbocycles. The molecule has 0 spiro atoms. The van der Waals surface area contributed by atoms with Gasteiger partial charge < -0.3 is 4.90 Å². The molecule has 29 heavy (non-hydrogen) atoms. The summed E-state index contributed by atoms with van der Waals surface area (Å²) in [6, 6.07) is 5.43. The number of alkyl halides is 3. The average molecular weight is 448 g/mol. The number of nitrogens with one attached hydrogen (secondary N) is 1. The molecule has 2 heterocycles. The van der Waals surface area contributed by atoms with E-state index >= 15 is 0 Å². The number of piperazine rings is 1. The van der Waals surface area contributed by atoms with Gasteiger partial charge in [-0.25, -0.2) is 13.1 Å². The first kappa shape index (κ1) is 21.8. The number of rotatable bonds is 6. The summed E-state index contributed by atoms with van der Waals surface area (Å²) in [5.41, 5.74) is -0.343. The Morgan fingerprint density at radius 2 is 1.86 bits per heavy atom. The number of sulfonamides is 1. The van der Waals surface area contributed by atoms with Gasteiger partial charge in [0.15, 0.2) is 0 Å². The van der Waals surface area contributed by atoms with Crippen LogP contribution in [0, 0.1) is 0 Å². The second kappa shape index (κ2) is 8.82. The van der Waals surface area contributed by atoms with Crippen molar-refractivity contribution in [3.63, 3.8) is 0 Å². The molecule has 0 atom stereocenters. The largest absolute Gasteiger partial charge is 0.416 e. The Bertz CT molecular complexity index is 939. The van der Waals surface area contributed by atoms with Crippen LogP contribution in [0.1, 0.15) is 15.9 Å². The Kier molecular flexibility index (Phi) is 6.62. The predicted molar refractivity (Wildman–Crippen MR) is 103 cm³/mol. The summed E-state index contributed by atoms with van der Waals surface area (Å²) in [7, 11) is -4.04.